The third kappa shape index (κ3) is 12.2. The van der Waals surface area contributed by atoms with Gasteiger partial charge in [-0.15, -0.1) is 0 Å². The first-order chi connectivity index (χ1) is 10.9. The second kappa shape index (κ2) is 15.9. The molecule has 0 aliphatic heterocycles. The first-order valence-corrected chi connectivity index (χ1v) is 9.67. The summed E-state index contributed by atoms with van der Waals surface area (Å²) in [7, 11) is 0. The van der Waals surface area contributed by atoms with Gasteiger partial charge in [0.2, 0.25) is 0 Å². The van der Waals surface area contributed by atoms with E-state index < -0.39 is 0 Å². The van der Waals surface area contributed by atoms with Crippen molar-refractivity contribution in [3.8, 4) is 0 Å². The van der Waals surface area contributed by atoms with Crippen LogP contribution in [0.5, 0.6) is 0 Å². The van der Waals surface area contributed by atoms with Crippen LogP contribution in [0.3, 0.4) is 0 Å². The summed E-state index contributed by atoms with van der Waals surface area (Å²) in [5.74, 6) is 1.05. The molecule has 3 N–H and O–H groups in total. The summed E-state index contributed by atoms with van der Waals surface area (Å²) in [6.07, 6.45) is 20.2. The quantitative estimate of drug-likeness (QED) is 0.401. The summed E-state index contributed by atoms with van der Waals surface area (Å²) >= 11 is 0. The highest BCUT2D eigenvalue weighted by atomic mass is 14.9. The molecule has 0 saturated heterocycles. The van der Waals surface area contributed by atoms with Crippen molar-refractivity contribution in [3.05, 3.63) is 23.8 Å². The molecule has 0 aliphatic carbocycles. The number of rotatable bonds is 14. The second-order valence-electron chi connectivity index (χ2n) is 6.50. The molecule has 134 valence electrons. The maximum atomic E-state index is 4.73. The largest absolute Gasteiger partial charge is 0.344 e. The number of hydrogen-bond donors (Lipinski definition) is 1. The molecule has 1 heterocycles. The molecule has 0 bridgehead atoms. The van der Waals surface area contributed by atoms with Gasteiger partial charge in [0.25, 0.3) is 0 Å². The van der Waals surface area contributed by atoms with Gasteiger partial charge >= 0.3 is 0 Å². The molecule has 0 radical (unpaired) electrons. The lowest BCUT2D eigenvalue weighted by Gasteiger charge is -2.04. The normalized spacial score (nSPS) is 10.5. The average molecular weight is 322 g/mol. The molecule has 1 aromatic rings. The maximum absolute atomic E-state index is 4.73. The molecule has 1 rings (SSSR count). The lowest BCUT2D eigenvalue weighted by atomic mass is 10.1. The molecular weight excluding hydrogens is 282 g/mol. The third-order valence-corrected chi connectivity index (χ3v) is 4.30. The molecule has 0 spiro atoms. The average Bonchev–Trinajstić information content (AvgIpc) is 2.54. The van der Waals surface area contributed by atoms with Crippen molar-refractivity contribution in [1.29, 1.82) is 0 Å². The standard InChI is InChI=1S/C20H36N2.H3N/c1-3-5-7-9-11-13-15-19-17-18-21-20(22-19)16-14-12-10-8-6-4-2;/h17-18H,3-16H2,1-2H3;1H3. The van der Waals surface area contributed by atoms with Gasteiger partial charge in [-0.1, -0.05) is 78.1 Å². The van der Waals surface area contributed by atoms with Crippen LogP contribution in [0.4, 0.5) is 0 Å². The molecule has 0 amide bonds. The highest BCUT2D eigenvalue weighted by Crippen LogP contribution is 2.10. The van der Waals surface area contributed by atoms with Crippen molar-refractivity contribution in [1.82, 2.24) is 16.1 Å². The van der Waals surface area contributed by atoms with Crippen molar-refractivity contribution in [2.24, 2.45) is 0 Å². The fraction of sp³-hybridized carbons (Fsp3) is 0.800. The molecule has 3 heteroatoms. The van der Waals surface area contributed by atoms with E-state index in [4.69, 9.17) is 4.98 Å². The lowest BCUT2D eigenvalue weighted by molar-refractivity contribution is 0.594. The zero-order chi connectivity index (χ0) is 15.9. The van der Waals surface area contributed by atoms with Gasteiger partial charge in [0, 0.05) is 18.3 Å². The summed E-state index contributed by atoms with van der Waals surface area (Å²) in [6.45, 7) is 4.54. The van der Waals surface area contributed by atoms with Crippen LogP contribution in [0, 0.1) is 0 Å². The van der Waals surface area contributed by atoms with E-state index in [-0.39, 0.29) is 6.15 Å². The first kappa shape index (κ1) is 22.0. The van der Waals surface area contributed by atoms with E-state index in [1.807, 2.05) is 6.20 Å². The zero-order valence-electron chi connectivity index (χ0n) is 15.7. The van der Waals surface area contributed by atoms with Crippen LogP contribution in [0.2, 0.25) is 0 Å². The minimum absolute atomic E-state index is 0. The Morgan fingerprint density at radius 3 is 1.83 bits per heavy atom. The molecule has 1 aromatic heterocycles. The van der Waals surface area contributed by atoms with E-state index in [9.17, 15) is 0 Å². The minimum atomic E-state index is 0. The Morgan fingerprint density at radius 2 is 1.22 bits per heavy atom. The number of unbranched alkanes of at least 4 members (excludes halogenated alkanes) is 10. The summed E-state index contributed by atoms with van der Waals surface area (Å²) in [6, 6.07) is 2.09. The number of nitrogens with zero attached hydrogens (tertiary/aromatic N) is 2. The number of aryl methyl sites for hydroxylation is 2. The molecule has 0 aliphatic rings. The van der Waals surface area contributed by atoms with Crippen molar-refractivity contribution in [2.75, 3.05) is 0 Å². The maximum Gasteiger partial charge on any atom is 0.128 e. The van der Waals surface area contributed by atoms with Gasteiger partial charge in [0.1, 0.15) is 5.82 Å². The Morgan fingerprint density at radius 1 is 0.696 bits per heavy atom. The van der Waals surface area contributed by atoms with Crippen LogP contribution in [-0.4, -0.2) is 9.97 Å². The van der Waals surface area contributed by atoms with Crippen LogP contribution in [0.1, 0.15) is 102 Å². The van der Waals surface area contributed by atoms with Gasteiger partial charge in [-0.3, -0.25) is 0 Å². The molecule has 23 heavy (non-hydrogen) atoms. The van der Waals surface area contributed by atoms with Crippen LogP contribution in [0.25, 0.3) is 0 Å². The van der Waals surface area contributed by atoms with E-state index in [0.717, 1.165) is 18.7 Å². The van der Waals surface area contributed by atoms with E-state index in [1.54, 1.807) is 0 Å². The summed E-state index contributed by atoms with van der Waals surface area (Å²) in [5.41, 5.74) is 1.24. The highest BCUT2D eigenvalue weighted by Gasteiger charge is 2.00. The van der Waals surface area contributed by atoms with Crippen LogP contribution < -0.4 is 6.15 Å². The Kier molecular flexibility index (Phi) is 15.3. The van der Waals surface area contributed by atoms with Crippen LogP contribution >= 0.6 is 0 Å². The van der Waals surface area contributed by atoms with Crippen LogP contribution in [0.15, 0.2) is 12.3 Å². The summed E-state index contributed by atoms with van der Waals surface area (Å²) in [4.78, 5) is 9.16. The van der Waals surface area contributed by atoms with E-state index in [0.29, 0.717) is 0 Å². The third-order valence-electron chi connectivity index (χ3n) is 4.30. The molecule has 0 atom stereocenters. The Hall–Kier alpha value is -0.960. The van der Waals surface area contributed by atoms with E-state index in [1.165, 1.54) is 82.7 Å². The Bertz CT molecular complexity index is 334. The predicted molar refractivity (Wildman–Crippen MR) is 101 cm³/mol. The van der Waals surface area contributed by atoms with Crippen molar-refractivity contribution in [3.63, 3.8) is 0 Å². The highest BCUT2D eigenvalue weighted by molar-refractivity contribution is 5.02. The number of aromatic nitrogens is 2. The molecule has 0 fully saturated rings. The second-order valence-corrected chi connectivity index (χ2v) is 6.50. The minimum Gasteiger partial charge on any atom is -0.344 e. The van der Waals surface area contributed by atoms with Crippen molar-refractivity contribution >= 4 is 0 Å². The van der Waals surface area contributed by atoms with Crippen molar-refractivity contribution in [2.45, 2.75) is 104 Å². The predicted octanol–water partition coefficient (Wildman–Crippen LogP) is 6.44. The van der Waals surface area contributed by atoms with Gasteiger partial charge in [-0.05, 0) is 25.3 Å². The van der Waals surface area contributed by atoms with Crippen molar-refractivity contribution < 1.29 is 0 Å². The lowest BCUT2D eigenvalue weighted by Crippen LogP contribution is -1.99. The van der Waals surface area contributed by atoms with E-state index >= 15 is 0 Å². The smallest absolute Gasteiger partial charge is 0.128 e. The summed E-state index contributed by atoms with van der Waals surface area (Å²) < 4.78 is 0. The SMILES string of the molecule is CCCCCCCCc1ccnc(CCCCCCCC)n1.N. The molecule has 0 saturated carbocycles. The topological polar surface area (TPSA) is 60.8 Å². The fourth-order valence-corrected chi connectivity index (χ4v) is 2.85. The molecular formula is C20H39N3. The van der Waals surface area contributed by atoms with Gasteiger partial charge in [0.15, 0.2) is 0 Å². The van der Waals surface area contributed by atoms with E-state index in [2.05, 4.69) is 24.9 Å². The molecule has 0 aromatic carbocycles. The molecule has 0 unspecified atom stereocenters. The Labute approximate surface area is 144 Å². The molecule has 3 nitrogen and oxygen atoms in total. The summed E-state index contributed by atoms with van der Waals surface area (Å²) in [5, 5.41) is 0. The first-order valence-electron chi connectivity index (χ1n) is 9.67. The van der Waals surface area contributed by atoms with Gasteiger partial charge in [0.05, 0.1) is 0 Å². The zero-order valence-corrected chi connectivity index (χ0v) is 15.7. The number of hydrogen-bond acceptors (Lipinski definition) is 3. The monoisotopic (exact) mass is 321 g/mol. The van der Waals surface area contributed by atoms with Gasteiger partial charge in [-0.2, -0.15) is 0 Å². The fourth-order valence-electron chi connectivity index (χ4n) is 2.85. The van der Waals surface area contributed by atoms with Crippen LogP contribution in [-0.2, 0) is 12.8 Å². The van der Waals surface area contributed by atoms with Gasteiger partial charge < -0.3 is 6.15 Å². The van der Waals surface area contributed by atoms with Gasteiger partial charge in [-0.25, -0.2) is 9.97 Å². The Balaban J connectivity index is 0.00000484.